The van der Waals surface area contributed by atoms with E-state index in [4.69, 9.17) is 11.6 Å². The van der Waals surface area contributed by atoms with Crippen LogP contribution in [0.5, 0.6) is 0 Å². The number of carbonyl (C=O) groups is 1. The van der Waals surface area contributed by atoms with Gasteiger partial charge in [0.15, 0.2) is 0 Å². The fourth-order valence-electron chi connectivity index (χ4n) is 0.968. The van der Waals surface area contributed by atoms with Crippen LogP contribution in [0.3, 0.4) is 0 Å². The normalized spacial score (nSPS) is 12.1. The van der Waals surface area contributed by atoms with Gasteiger partial charge in [-0.05, 0) is 19.4 Å². The maximum atomic E-state index is 11.5. The molecule has 14 heavy (non-hydrogen) atoms. The molecule has 0 saturated carbocycles. The zero-order valence-electron chi connectivity index (χ0n) is 7.90. The van der Waals surface area contributed by atoms with Crippen LogP contribution in [-0.2, 0) is 0 Å². The van der Waals surface area contributed by atoms with E-state index in [0.717, 1.165) is 6.42 Å². The summed E-state index contributed by atoms with van der Waals surface area (Å²) in [4.78, 5) is 11.5. The van der Waals surface area contributed by atoms with Crippen LogP contribution in [0.2, 0.25) is 0 Å². The molecule has 1 N–H and O–H groups in total. The first-order chi connectivity index (χ1) is 6.74. The summed E-state index contributed by atoms with van der Waals surface area (Å²) in [5.41, 5.74) is 0.515. The first-order valence-electron chi connectivity index (χ1n) is 4.37. The topological polar surface area (TPSA) is 54.9 Å². The van der Waals surface area contributed by atoms with Gasteiger partial charge in [-0.25, -0.2) is 0 Å². The molecule has 1 rings (SSSR count). The zero-order valence-corrected chi connectivity index (χ0v) is 8.66. The Balaban J connectivity index is 2.51. The van der Waals surface area contributed by atoms with Crippen molar-refractivity contribution in [3.05, 3.63) is 24.0 Å². The summed E-state index contributed by atoms with van der Waals surface area (Å²) >= 11 is 5.55. The second-order valence-electron chi connectivity index (χ2n) is 2.98. The van der Waals surface area contributed by atoms with Gasteiger partial charge in [0.05, 0.1) is 18.0 Å². The van der Waals surface area contributed by atoms with Gasteiger partial charge < -0.3 is 5.32 Å². The highest BCUT2D eigenvalue weighted by Crippen LogP contribution is 1.98. The summed E-state index contributed by atoms with van der Waals surface area (Å²) in [7, 11) is 0. The summed E-state index contributed by atoms with van der Waals surface area (Å²) in [6.07, 6.45) is 3.68. The van der Waals surface area contributed by atoms with Crippen molar-refractivity contribution in [1.29, 1.82) is 0 Å². The lowest BCUT2D eigenvalue weighted by Crippen LogP contribution is -2.32. The highest BCUT2D eigenvalue weighted by Gasteiger charge is 2.08. The van der Waals surface area contributed by atoms with E-state index < -0.39 is 0 Å². The third-order valence-electron chi connectivity index (χ3n) is 1.77. The number of hydrogen-bond acceptors (Lipinski definition) is 3. The standard InChI is InChI=1S/C9H12ClN3O/c1-7(2-4-10)13-9(14)8-3-5-11-12-6-8/h3,5-7H,2,4H2,1H3,(H,13,14). The molecule has 1 aromatic heterocycles. The molecule has 0 spiro atoms. The smallest absolute Gasteiger partial charge is 0.253 e. The molecule has 1 unspecified atom stereocenters. The molecule has 1 amide bonds. The average molecular weight is 214 g/mol. The van der Waals surface area contributed by atoms with Gasteiger partial charge in [0, 0.05) is 11.9 Å². The van der Waals surface area contributed by atoms with Crippen LogP contribution in [0.4, 0.5) is 0 Å². The van der Waals surface area contributed by atoms with E-state index in [2.05, 4.69) is 15.5 Å². The molecule has 0 aromatic carbocycles. The first-order valence-corrected chi connectivity index (χ1v) is 4.91. The molecule has 5 heteroatoms. The molecule has 0 aliphatic heterocycles. The van der Waals surface area contributed by atoms with Crippen LogP contribution in [0.1, 0.15) is 23.7 Å². The van der Waals surface area contributed by atoms with Gasteiger partial charge in [0.25, 0.3) is 5.91 Å². The molecule has 1 aromatic rings. The number of hydrogen-bond donors (Lipinski definition) is 1. The number of nitrogens with one attached hydrogen (secondary N) is 1. The summed E-state index contributed by atoms with van der Waals surface area (Å²) in [6, 6.07) is 1.70. The van der Waals surface area contributed by atoms with Crippen molar-refractivity contribution >= 4 is 17.5 Å². The lowest BCUT2D eigenvalue weighted by molar-refractivity contribution is 0.0939. The van der Waals surface area contributed by atoms with Crippen molar-refractivity contribution in [2.45, 2.75) is 19.4 Å². The Morgan fingerprint density at radius 2 is 2.43 bits per heavy atom. The maximum Gasteiger partial charge on any atom is 0.253 e. The monoisotopic (exact) mass is 213 g/mol. The minimum atomic E-state index is -0.141. The van der Waals surface area contributed by atoms with Gasteiger partial charge in [-0.1, -0.05) is 0 Å². The Hall–Kier alpha value is -1.16. The molecule has 1 heterocycles. The Bertz CT molecular complexity index is 291. The molecule has 76 valence electrons. The number of alkyl halides is 1. The maximum absolute atomic E-state index is 11.5. The van der Waals surface area contributed by atoms with Gasteiger partial charge in [-0.15, -0.1) is 11.6 Å². The molecule has 0 bridgehead atoms. The van der Waals surface area contributed by atoms with Crippen molar-refractivity contribution < 1.29 is 4.79 Å². The largest absolute Gasteiger partial charge is 0.349 e. The second kappa shape index (κ2) is 5.54. The van der Waals surface area contributed by atoms with Gasteiger partial charge in [0.2, 0.25) is 0 Å². The van der Waals surface area contributed by atoms with Crippen molar-refractivity contribution in [1.82, 2.24) is 15.5 Å². The molecule has 0 saturated heterocycles. The van der Waals surface area contributed by atoms with Crippen molar-refractivity contribution in [3.63, 3.8) is 0 Å². The van der Waals surface area contributed by atoms with Crippen LogP contribution in [-0.4, -0.2) is 28.0 Å². The van der Waals surface area contributed by atoms with Crippen LogP contribution in [0.25, 0.3) is 0 Å². The zero-order chi connectivity index (χ0) is 10.4. The number of halogens is 1. The van der Waals surface area contributed by atoms with Gasteiger partial charge in [-0.3, -0.25) is 4.79 Å². The summed E-state index contributed by atoms with van der Waals surface area (Å²) in [5, 5.41) is 10.0. The van der Waals surface area contributed by atoms with E-state index in [1.807, 2.05) is 6.92 Å². The SMILES string of the molecule is CC(CCCl)NC(=O)c1ccnnc1. The lowest BCUT2D eigenvalue weighted by Gasteiger charge is -2.11. The molecule has 0 aliphatic carbocycles. The molecule has 0 aliphatic rings. The molecule has 1 atom stereocenters. The van der Waals surface area contributed by atoms with Gasteiger partial charge >= 0.3 is 0 Å². The Kier molecular flexibility index (Phi) is 4.32. The quantitative estimate of drug-likeness (QED) is 0.766. The number of aromatic nitrogens is 2. The van der Waals surface area contributed by atoms with Crippen molar-refractivity contribution in [2.24, 2.45) is 0 Å². The fourth-order valence-corrected chi connectivity index (χ4v) is 1.30. The average Bonchev–Trinajstić information content (AvgIpc) is 2.19. The molecule has 0 fully saturated rings. The number of nitrogens with zero attached hydrogens (tertiary/aromatic N) is 2. The predicted molar refractivity (Wildman–Crippen MR) is 54.3 cm³/mol. The number of carbonyl (C=O) groups excluding carboxylic acids is 1. The highest BCUT2D eigenvalue weighted by atomic mass is 35.5. The van der Waals surface area contributed by atoms with E-state index in [1.165, 1.54) is 12.4 Å². The Morgan fingerprint density at radius 3 is 3.00 bits per heavy atom. The van der Waals surface area contributed by atoms with Crippen LogP contribution < -0.4 is 5.32 Å². The third kappa shape index (κ3) is 3.30. The Labute approximate surface area is 87.7 Å². The second-order valence-corrected chi connectivity index (χ2v) is 3.36. The van der Waals surface area contributed by atoms with Crippen molar-refractivity contribution in [2.75, 3.05) is 5.88 Å². The van der Waals surface area contributed by atoms with E-state index in [1.54, 1.807) is 6.07 Å². The van der Waals surface area contributed by atoms with E-state index in [9.17, 15) is 4.79 Å². The van der Waals surface area contributed by atoms with Crippen molar-refractivity contribution in [3.8, 4) is 0 Å². The van der Waals surface area contributed by atoms with Gasteiger partial charge in [-0.2, -0.15) is 10.2 Å². The minimum absolute atomic E-state index is 0.0770. The molecular weight excluding hydrogens is 202 g/mol. The fraction of sp³-hybridized carbons (Fsp3) is 0.444. The molecular formula is C9H12ClN3O. The predicted octanol–water partition coefficient (Wildman–Crippen LogP) is 1.22. The lowest BCUT2D eigenvalue weighted by atomic mass is 10.2. The summed E-state index contributed by atoms with van der Waals surface area (Å²) in [6.45, 7) is 1.91. The number of amides is 1. The van der Waals surface area contributed by atoms with Crippen LogP contribution in [0.15, 0.2) is 18.5 Å². The summed E-state index contributed by atoms with van der Waals surface area (Å²) < 4.78 is 0. The van der Waals surface area contributed by atoms with E-state index >= 15 is 0 Å². The molecule has 4 nitrogen and oxygen atoms in total. The first kappa shape index (κ1) is 10.9. The summed E-state index contributed by atoms with van der Waals surface area (Å²) in [5.74, 6) is 0.397. The van der Waals surface area contributed by atoms with E-state index in [0.29, 0.717) is 11.4 Å². The van der Waals surface area contributed by atoms with Crippen LogP contribution in [0, 0.1) is 0 Å². The van der Waals surface area contributed by atoms with E-state index in [-0.39, 0.29) is 11.9 Å². The van der Waals surface area contributed by atoms with Gasteiger partial charge in [0.1, 0.15) is 0 Å². The number of rotatable bonds is 4. The minimum Gasteiger partial charge on any atom is -0.349 e. The Morgan fingerprint density at radius 1 is 1.64 bits per heavy atom. The highest BCUT2D eigenvalue weighted by molar-refractivity contribution is 6.17. The third-order valence-corrected chi connectivity index (χ3v) is 1.98. The molecule has 0 radical (unpaired) electrons. The van der Waals surface area contributed by atoms with Crippen LogP contribution >= 0.6 is 11.6 Å².